The predicted octanol–water partition coefficient (Wildman–Crippen LogP) is 5.52. The average molecular weight is 442 g/mol. The summed E-state index contributed by atoms with van der Waals surface area (Å²) in [6.45, 7) is 6.72. The molecule has 4 nitrogen and oxygen atoms in total. The third-order valence-electron chi connectivity index (χ3n) is 6.70. The zero-order valence-corrected chi connectivity index (χ0v) is 19.4. The molecule has 1 fully saturated rings. The lowest BCUT2D eigenvalue weighted by Gasteiger charge is -2.41. The molecule has 0 unspecified atom stereocenters. The van der Waals surface area contributed by atoms with E-state index < -0.39 is 0 Å². The normalized spacial score (nSPS) is 16.8. The first kappa shape index (κ1) is 21.6. The zero-order valence-electron chi connectivity index (χ0n) is 17.8. The minimum Gasteiger partial charge on any atom is -0.307 e. The molecule has 160 valence electrons. The number of hydrogen-bond acceptors (Lipinski definition) is 5. The Morgan fingerprint density at radius 1 is 1.17 bits per heavy atom. The topological polar surface area (TPSA) is 38.1 Å². The van der Waals surface area contributed by atoms with E-state index in [1.54, 1.807) is 12.3 Å². The highest BCUT2D eigenvalue weighted by molar-refractivity contribution is 8.01. The van der Waals surface area contributed by atoms with Gasteiger partial charge in [0.15, 0.2) is 0 Å². The quantitative estimate of drug-likeness (QED) is 0.410. The molecule has 0 spiro atoms. The Bertz CT molecular complexity index is 991. The average Bonchev–Trinajstić information content (AvgIpc) is 3.30. The van der Waals surface area contributed by atoms with Gasteiger partial charge in [0, 0.05) is 36.5 Å². The lowest BCUT2D eigenvalue weighted by atomic mass is 9.73. The van der Waals surface area contributed by atoms with Gasteiger partial charge in [-0.25, -0.2) is 0 Å². The maximum atomic E-state index is 12.4. The highest BCUT2D eigenvalue weighted by atomic mass is 32.2. The van der Waals surface area contributed by atoms with E-state index in [-0.39, 0.29) is 5.56 Å². The van der Waals surface area contributed by atoms with Gasteiger partial charge in [0.25, 0.3) is 5.56 Å². The van der Waals surface area contributed by atoms with E-state index in [4.69, 9.17) is 0 Å². The second-order valence-corrected chi connectivity index (χ2v) is 10.7. The van der Waals surface area contributed by atoms with Crippen LogP contribution in [-0.4, -0.2) is 39.8 Å². The minimum absolute atomic E-state index is 0.0825. The Balaban J connectivity index is 1.28. The van der Waals surface area contributed by atoms with Crippen LogP contribution in [0.4, 0.5) is 0 Å². The van der Waals surface area contributed by atoms with E-state index in [9.17, 15) is 4.79 Å². The molecule has 0 radical (unpaired) electrons. The van der Waals surface area contributed by atoms with Gasteiger partial charge in [-0.15, -0.1) is 23.1 Å². The van der Waals surface area contributed by atoms with E-state index >= 15 is 0 Å². The number of hydrogen-bond donors (Lipinski definition) is 0. The van der Waals surface area contributed by atoms with Crippen LogP contribution in [0.1, 0.15) is 39.0 Å². The predicted molar refractivity (Wildman–Crippen MR) is 129 cm³/mol. The summed E-state index contributed by atoms with van der Waals surface area (Å²) in [5, 5.41) is 3.24. The highest BCUT2D eigenvalue weighted by Crippen LogP contribution is 2.39. The van der Waals surface area contributed by atoms with Gasteiger partial charge in [0.1, 0.15) is 0 Å². The van der Waals surface area contributed by atoms with Crippen molar-refractivity contribution in [3.05, 3.63) is 58.5 Å². The van der Waals surface area contributed by atoms with E-state index in [0.29, 0.717) is 5.41 Å². The van der Waals surface area contributed by atoms with Gasteiger partial charge >= 0.3 is 0 Å². The number of thiophene rings is 1. The third kappa shape index (κ3) is 5.16. The summed E-state index contributed by atoms with van der Waals surface area (Å²) >= 11 is 3.82. The molecule has 0 bridgehead atoms. The molecule has 0 atom stereocenters. The van der Waals surface area contributed by atoms with Crippen LogP contribution in [0.3, 0.4) is 0 Å². The van der Waals surface area contributed by atoms with Crippen molar-refractivity contribution in [2.45, 2.75) is 49.8 Å². The molecule has 30 heavy (non-hydrogen) atoms. The number of fused-ring (bicyclic) bond motifs is 1. The summed E-state index contributed by atoms with van der Waals surface area (Å²) in [6.07, 6.45) is 9.64. The van der Waals surface area contributed by atoms with Crippen molar-refractivity contribution < 1.29 is 0 Å². The fourth-order valence-electron chi connectivity index (χ4n) is 4.63. The molecule has 4 rings (SSSR count). The standard InChI is InChI=1S/C24H31N3OS2/c1-2-24(10-14-26(15-11-24)16-18-30-23-5-3-17-29-23)9-4-13-27-21-19-25-12-8-20(21)6-7-22(27)28/h3,5-8,12,17,19H,2,4,9-11,13-16,18H2,1H3. The van der Waals surface area contributed by atoms with E-state index in [1.165, 1.54) is 55.3 Å². The number of pyridine rings is 2. The summed E-state index contributed by atoms with van der Waals surface area (Å²) in [6, 6.07) is 9.91. The van der Waals surface area contributed by atoms with E-state index in [2.05, 4.69) is 34.3 Å². The fourth-order valence-corrected chi connectivity index (χ4v) is 6.49. The van der Waals surface area contributed by atoms with Gasteiger partial charge in [0.2, 0.25) is 0 Å². The van der Waals surface area contributed by atoms with Crippen molar-refractivity contribution in [3.8, 4) is 0 Å². The summed E-state index contributed by atoms with van der Waals surface area (Å²) in [5.74, 6) is 1.18. The summed E-state index contributed by atoms with van der Waals surface area (Å²) < 4.78 is 3.33. The summed E-state index contributed by atoms with van der Waals surface area (Å²) in [7, 11) is 0. The molecule has 0 amide bonds. The first-order valence-corrected chi connectivity index (χ1v) is 12.9. The molecule has 1 aliphatic heterocycles. The highest BCUT2D eigenvalue weighted by Gasteiger charge is 2.32. The summed E-state index contributed by atoms with van der Waals surface area (Å²) in [5.41, 5.74) is 1.47. The van der Waals surface area contributed by atoms with Crippen molar-refractivity contribution in [2.24, 2.45) is 5.41 Å². The lowest BCUT2D eigenvalue weighted by molar-refractivity contribution is 0.0921. The number of piperidine rings is 1. The maximum Gasteiger partial charge on any atom is 0.251 e. The molecule has 6 heteroatoms. The van der Waals surface area contributed by atoms with Gasteiger partial charge < -0.3 is 9.47 Å². The van der Waals surface area contributed by atoms with Gasteiger partial charge in [-0.2, -0.15) is 0 Å². The number of rotatable bonds is 9. The number of likely N-dealkylation sites (tertiary alicyclic amines) is 1. The van der Waals surface area contributed by atoms with E-state index in [1.807, 2.05) is 46.0 Å². The lowest BCUT2D eigenvalue weighted by Crippen LogP contribution is -2.41. The molecule has 3 aromatic heterocycles. The van der Waals surface area contributed by atoms with E-state index in [0.717, 1.165) is 23.9 Å². The van der Waals surface area contributed by atoms with Crippen LogP contribution >= 0.6 is 23.1 Å². The van der Waals surface area contributed by atoms with Crippen LogP contribution in [0, 0.1) is 5.41 Å². The first-order valence-electron chi connectivity index (χ1n) is 11.0. The first-order chi connectivity index (χ1) is 14.7. The van der Waals surface area contributed by atoms with Crippen LogP contribution in [-0.2, 0) is 6.54 Å². The fraction of sp³-hybridized carbons (Fsp3) is 0.500. The monoisotopic (exact) mass is 441 g/mol. The molecule has 1 saturated heterocycles. The van der Waals surface area contributed by atoms with Gasteiger partial charge in [-0.05, 0) is 67.8 Å². The van der Waals surface area contributed by atoms with Crippen molar-refractivity contribution in [1.29, 1.82) is 0 Å². The summed E-state index contributed by atoms with van der Waals surface area (Å²) in [4.78, 5) is 19.3. The van der Waals surface area contributed by atoms with Crippen molar-refractivity contribution in [3.63, 3.8) is 0 Å². The Morgan fingerprint density at radius 2 is 2.03 bits per heavy atom. The molecule has 4 heterocycles. The van der Waals surface area contributed by atoms with Crippen LogP contribution in [0.5, 0.6) is 0 Å². The smallest absolute Gasteiger partial charge is 0.251 e. The third-order valence-corrected chi connectivity index (χ3v) is 8.81. The Morgan fingerprint density at radius 3 is 2.80 bits per heavy atom. The van der Waals surface area contributed by atoms with Crippen molar-refractivity contribution in [1.82, 2.24) is 14.5 Å². The molecule has 0 saturated carbocycles. The van der Waals surface area contributed by atoms with Crippen LogP contribution < -0.4 is 5.56 Å². The number of aromatic nitrogens is 2. The number of nitrogens with zero attached hydrogens (tertiary/aromatic N) is 3. The molecular weight excluding hydrogens is 410 g/mol. The Kier molecular flexibility index (Phi) is 7.28. The van der Waals surface area contributed by atoms with Crippen molar-refractivity contribution in [2.75, 3.05) is 25.4 Å². The van der Waals surface area contributed by atoms with Crippen LogP contribution in [0.25, 0.3) is 10.9 Å². The number of thioether (sulfide) groups is 1. The molecule has 0 N–H and O–H groups in total. The number of aryl methyl sites for hydroxylation is 1. The van der Waals surface area contributed by atoms with Gasteiger partial charge in [-0.1, -0.05) is 19.4 Å². The Hall–Kier alpha value is -1.63. The zero-order chi connectivity index (χ0) is 20.8. The Labute approximate surface area is 187 Å². The SMILES string of the molecule is CCC1(CCCn2c(=O)ccc3ccncc32)CCN(CCSc2cccs2)CC1. The largest absolute Gasteiger partial charge is 0.307 e. The molecule has 3 aromatic rings. The molecule has 0 aromatic carbocycles. The molecule has 0 aliphatic carbocycles. The van der Waals surface area contributed by atoms with Crippen LogP contribution in [0.2, 0.25) is 0 Å². The molecule has 1 aliphatic rings. The van der Waals surface area contributed by atoms with Crippen molar-refractivity contribution >= 4 is 34.0 Å². The second-order valence-electron chi connectivity index (χ2n) is 8.34. The maximum absolute atomic E-state index is 12.4. The molecular formula is C24H31N3OS2. The minimum atomic E-state index is 0.0825. The van der Waals surface area contributed by atoms with Gasteiger partial charge in [0.05, 0.1) is 15.9 Å². The van der Waals surface area contributed by atoms with Crippen LogP contribution in [0.15, 0.2) is 57.1 Å². The second kappa shape index (κ2) is 10.1. The van der Waals surface area contributed by atoms with Gasteiger partial charge in [-0.3, -0.25) is 9.78 Å².